The number of carbonyl (C=O) groups is 1. The molecule has 2 aliphatic rings. The van der Waals surface area contributed by atoms with Crippen LogP contribution in [0, 0.1) is 0 Å². The van der Waals surface area contributed by atoms with Gasteiger partial charge in [0.15, 0.2) is 0 Å². The number of hydrogen-bond donors (Lipinski definition) is 2. The molecule has 6 nitrogen and oxygen atoms in total. The predicted octanol–water partition coefficient (Wildman–Crippen LogP) is 2.46. The molecule has 1 aliphatic heterocycles. The Morgan fingerprint density at radius 2 is 1.85 bits per heavy atom. The Hall–Kier alpha value is -1.44. The molecule has 7 heteroatoms. The molecule has 1 fully saturated rings. The van der Waals surface area contributed by atoms with Gasteiger partial charge in [-0.1, -0.05) is 26.7 Å². The highest BCUT2D eigenvalue weighted by Crippen LogP contribution is 2.38. The van der Waals surface area contributed by atoms with Gasteiger partial charge in [-0.05, 0) is 50.7 Å². The molecule has 1 saturated carbocycles. The molecule has 1 amide bonds. The predicted molar refractivity (Wildman–Crippen MR) is 103 cm³/mol. The molecule has 1 heterocycles. The van der Waals surface area contributed by atoms with Crippen LogP contribution in [-0.2, 0) is 20.2 Å². The second-order valence-electron chi connectivity index (χ2n) is 8.47. The Kier molecular flexibility index (Phi) is 4.92. The molecule has 144 valence electrons. The minimum atomic E-state index is -3.61. The number of carbonyl (C=O) groups excluding carboxylic acids is 1. The fourth-order valence-electron chi connectivity index (χ4n) is 4.18. The number of benzene rings is 1. The van der Waals surface area contributed by atoms with E-state index in [9.17, 15) is 13.2 Å². The maximum Gasteiger partial charge on any atom is 0.240 e. The van der Waals surface area contributed by atoms with Gasteiger partial charge in [-0.3, -0.25) is 4.79 Å². The van der Waals surface area contributed by atoms with Crippen LogP contribution in [0.5, 0.6) is 0 Å². The van der Waals surface area contributed by atoms with Gasteiger partial charge in [-0.25, -0.2) is 13.1 Å². The number of rotatable bonds is 5. The first-order chi connectivity index (χ1) is 12.1. The van der Waals surface area contributed by atoms with Crippen LogP contribution in [0.2, 0.25) is 0 Å². The van der Waals surface area contributed by atoms with Crippen molar-refractivity contribution in [2.24, 2.45) is 0 Å². The number of nitrogens with zero attached hydrogens (tertiary/aromatic N) is 1. The van der Waals surface area contributed by atoms with E-state index < -0.39 is 10.0 Å². The summed E-state index contributed by atoms with van der Waals surface area (Å²) in [5, 5.41) is 2.83. The molecular weight excluding hydrogens is 350 g/mol. The van der Waals surface area contributed by atoms with Gasteiger partial charge in [0.05, 0.1) is 4.90 Å². The van der Waals surface area contributed by atoms with Crippen molar-refractivity contribution in [1.29, 1.82) is 0 Å². The minimum Gasteiger partial charge on any atom is -0.326 e. The van der Waals surface area contributed by atoms with Crippen LogP contribution < -0.4 is 10.0 Å². The number of hydrogen-bond acceptors (Lipinski definition) is 4. The zero-order valence-corrected chi connectivity index (χ0v) is 16.9. The lowest BCUT2D eigenvalue weighted by Gasteiger charge is -2.36. The van der Waals surface area contributed by atoms with E-state index in [1.54, 1.807) is 18.2 Å². The highest BCUT2D eigenvalue weighted by atomic mass is 32.2. The summed E-state index contributed by atoms with van der Waals surface area (Å²) in [4.78, 5) is 14.2. The summed E-state index contributed by atoms with van der Waals surface area (Å²) < 4.78 is 28.6. The number of fused-ring (bicyclic) bond motifs is 1. The lowest BCUT2D eigenvalue weighted by atomic mass is 9.78. The van der Waals surface area contributed by atoms with Crippen LogP contribution in [0.1, 0.15) is 51.5 Å². The highest BCUT2D eigenvalue weighted by Gasteiger charge is 2.37. The van der Waals surface area contributed by atoms with Crippen LogP contribution in [0.25, 0.3) is 0 Å². The van der Waals surface area contributed by atoms with E-state index >= 15 is 0 Å². The molecule has 0 bridgehead atoms. The van der Waals surface area contributed by atoms with Gasteiger partial charge in [0.25, 0.3) is 0 Å². The number of anilines is 1. The van der Waals surface area contributed by atoms with Crippen molar-refractivity contribution in [3.8, 4) is 0 Å². The van der Waals surface area contributed by atoms with Gasteiger partial charge in [0.2, 0.25) is 15.9 Å². The smallest absolute Gasteiger partial charge is 0.240 e. The lowest BCUT2D eigenvalue weighted by Crippen LogP contribution is -2.50. The fourth-order valence-corrected chi connectivity index (χ4v) is 5.32. The maximum absolute atomic E-state index is 12.9. The van der Waals surface area contributed by atoms with Crippen LogP contribution >= 0.6 is 0 Å². The average molecular weight is 380 g/mol. The standard InChI is InChI=1S/C19H29N3O3S/c1-18(2)12-17(23)21-16-8-7-14(11-15(16)18)26(24,25)20-13-19(22(3)4)9-5-6-10-19/h7-8,11,20H,5-6,9-10,12-13H2,1-4H3,(H,21,23). The van der Waals surface area contributed by atoms with E-state index in [1.807, 2.05) is 27.9 Å². The average Bonchev–Trinajstić information content (AvgIpc) is 3.02. The molecule has 1 aromatic carbocycles. The summed E-state index contributed by atoms with van der Waals surface area (Å²) >= 11 is 0. The maximum atomic E-state index is 12.9. The number of amides is 1. The second-order valence-corrected chi connectivity index (χ2v) is 10.2. The molecule has 0 saturated heterocycles. The lowest BCUT2D eigenvalue weighted by molar-refractivity contribution is -0.117. The van der Waals surface area contributed by atoms with E-state index in [0.29, 0.717) is 18.7 Å². The molecule has 2 N–H and O–H groups in total. The van der Waals surface area contributed by atoms with Crippen molar-refractivity contribution >= 4 is 21.6 Å². The van der Waals surface area contributed by atoms with Gasteiger partial charge in [-0.15, -0.1) is 0 Å². The first-order valence-electron chi connectivity index (χ1n) is 9.17. The zero-order valence-electron chi connectivity index (χ0n) is 16.1. The molecule has 0 aromatic heterocycles. The van der Waals surface area contributed by atoms with Crippen molar-refractivity contribution in [2.75, 3.05) is 26.0 Å². The molecule has 0 spiro atoms. The first-order valence-corrected chi connectivity index (χ1v) is 10.7. The molecule has 1 aromatic rings. The minimum absolute atomic E-state index is 0.0367. The second kappa shape index (κ2) is 6.62. The molecule has 0 atom stereocenters. The highest BCUT2D eigenvalue weighted by molar-refractivity contribution is 7.89. The van der Waals surface area contributed by atoms with Gasteiger partial charge < -0.3 is 10.2 Å². The number of sulfonamides is 1. The van der Waals surface area contributed by atoms with Gasteiger partial charge in [0.1, 0.15) is 0 Å². The molecule has 26 heavy (non-hydrogen) atoms. The van der Waals surface area contributed by atoms with Gasteiger partial charge in [0, 0.05) is 29.6 Å². The summed E-state index contributed by atoms with van der Waals surface area (Å²) in [6.07, 6.45) is 4.62. The summed E-state index contributed by atoms with van der Waals surface area (Å²) in [6.45, 7) is 4.35. The number of nitrogens with one attached hydrogen (secondary N) is 2. The Morgan fingerprint density at radius 1 is 1.19 bits per heavy atom. The summed E-state index contributed by atoms with van der Waals surface area (Å²) in [5.41, 5.74) is 1.07. The van der Waals surface area contributed by atoms with Crippen LogP contribution in [0.4, 0.5) is 5.69 Å². The topological polar surface area (TPSA) is 78.5 Å². The van der Waals surface area contributed by atoms with Gasteiger partial charge in [-0.2, -0.15) is 0 Å². The van der Waals surface area contributed by atoms with E-state index in [1.165, 1.54) is 0 Å². The van der Waals surface area contributed by atoms with Crippen molar-refractivity contribution in [2.45, 2.75) is 61.8 Å². The van der Waals surface area contributed by atoms with Crippen LogP contribution in [0.15, 0.2) is 23.1 Å². The quantitative estimate of drug-likeness (QED) is 0.824. The van der Waals surface area contributed by atoms with E-state index in [-0.39, 0.29) is 21.8 Å². The zero-order chi connectivity index (χ0) is 19.2. The molecule has 0 unspecified atom stereocenters. The molecule has 0 radical (unpaired) electrons. The summed E-state index contributed by atoms with van der Waals surface area (Å²) in [5.74, 6) is -0.0367. The first kappa shape index (κ1) is 19.3. The largest absolute Gasteiger partial charge is 0.326 e. The van der Waals surface area contributed by atoms with Crippen molar-refractivity contribution in [1.82, 2.24) is 9.62 Å². The van der Waals surface area contributed by atoms with Crippen LogP contribution in [0.3, 0.4) is 0 Å². The number of likely N-dealkylation sites (N-methyl/N-ethyl adjacent to an activating group) is 1. The SMILES string of the molecule is CN(C)C1(CNS(=O)(=O)c2ccc3c(c2)C(C)(C)CC(=O)N3)CCCC1. The van der Waals surface area contributed by atoms with E-state index in [2.05, 4.69) is 14.9 Å². The van der Waals surface area contributed by atoms with Crippen LogP contribution in [-0.4, -0.2) is 45.4 Å². The third-order valence-corrected chi connectivity index (χ3v) is 7.38. The Labute approximate surface area is 156 Å². The van der Waals surface area contributed by atoms with Crippen molar-refractivity contribution in [3.05, 3.63) is 23.8 Å². The van der Waals surface area contributed by atoms with E-state index in [0.717, 1.165) is 31.2 Å². The monoisotopic (exact) mass is 379 g/mol. The fraction of sp³-hybridized carbons (Fsp3) is 0.632. The Bertz CT molecular complexity index is 809. The third-order valence-electron chi connectivity index (χ3n) is 5.98. The van der Waals surface area contributed by atoms with Crippen molar-refractivity contribution in [3.63, 3.8) is 0 Å². The normalized spacial score (nSPS) is 21.5. The molecule has 1 aliphatic carbocycles. The summed E-state index contributed by atoms with van der Waals surface area (Å²) in [6, 6.07) is 4.97. The molecular formula is C19H29N3O3S. The Balaban J connectivity index is 1.85. The van der Waals surface area contributed by atoms with E-state index in [4.69, 9.17) is 0 Å². The van der Waals surface area contributed by atoms with Crippen molar-refractivity contribution < 1.29 is 13.2 Å². The molecule has 3 rings (SSSR count). The third kappa shape index (κ3) is 3.52. The summed E-state index contributed by atoms with van der Waals surface area (Å²) in [7, 11) is 0.429. The van der Waals surface area contributed by atoms with Gasteiger partial charge >= 0.3 is 0 Å². The Morgan fingerprint density at radius 3 is 2.46 bits per heavy atom.